The first-order valence-electron chi connectivity index (χ1n) is 6.10. The highest BCUT2D eigenvalue weighted by atomic mass is 35.5. The van der Waals surface area contributed by atoms with Crippen LogP contribution in [0.3, 0.4) is 0 Å². The zero-order valence-corrected chi connectivity index (χ0v) is 13.6. The van der Waals surface area contributed by atoms with E-state index in [2.05, 4.69) is 4.98 Å². The molecule has 2 aromatic rings. The van der Waals surface area contributed by atoms with Crippen LogP contribution in [0.15, 0.2) is 35.5 Å². The second-order valence-electron chi connectivity index (χ2n) is 4.36. The number of hydrogen-bond donors (Lipinski definition) is 1. The maximum Gasteiger partial charge on any atom is 0.281 e. The molecule has 112 valence electrons. The minimum absolute atomic E-state index is 0.0714. The van der Waals surface area contributed by atoms with Gasteiger partial charge in [-0.2, -0.15) is 8.42 Å². The van der Waals surface area contributed by atoms with Crippen molar-refractivity contribution in [2.45, 2.75) is 24.8 Å². The molecule has 0 aliphatic carbocycles. The highest BCUT2D eigenvalue weighted by Gasteiger charge is 2.20. The summed E-state index contributed by atoms with van der Waals surface area (Å²) >= 11 is 7.16. The lowest BCUT2D eigenvalue weighted by Gasteiger charge is -2.07. The van der Waals surface area contributed by atoms with Crippen molar-refractivity contribution >= 4 is 38.9 Å². The molecule has 0 fully saturated rings. The number of aryl methyl sites for hydroxylation is 2. The van der Waals surface area contributed by atoms with Gasteiger partial charge >= 0.3 is 0 Å². The van der Waals surface area contributed by atoms with Gasteiger partial charge in [0.25, 0.3) is 10.0 Å². The van der Waals surface area contributed by atoms with Gasteiger partial charge in [0.1, 0.15) is 0 Å². The molecule has 0 radical (unpaired) electrons. The highest BCUT2D eigenvalue weighted by Crippen LogP contribution is 2.22. The maximum absolute atomic E-state index is 12.1. The van der Waals surface area contributed by atoms with E-state index in [9.17, 15) is 13.2 Å². The summed E-state index contributed by atoms with van der Waals surface area (Å²) in [6, 6.07) is 6.82. The number of nitrogens with one attached hydrogen (secondary N) is 1. The normalized spacial score (nSPS) is 11.3. The Morgan fingerprint density at radius 2 is 2.14 bits per heavy atom. The molecule has 2 heterocycles. The molecule has 2 rings (SSSR count). The second kappa shape index (κ2) is 6.55. The molecular weight excluding hydrogens is 332 g/mol. The monoisotopic (exact) mass is 344 g/mol. The number of rotatable bonds is 5. The van der Waals surface area contributed by atoms with Gasteiger partial charge in [-0.05, 0) is 37.1 Å². The van der Waals surface area contributed by atoms with Gasteiger partial charge in [-0.25, -0.2) is 9.71 Å². The van der Waals surface area contributed by atoms with E-state index in [0.29, 0.717) is 16.3 Å². The molecule has 0 spiro atoms. The first kappa shape index (κ1) is 15.9. The molecule has 0 unspecified atom stereocenters. The predicted octanol–water partition coefficient (Wildman–Crippen LogP) is 2.54. The number of pyridine rings is 1. The molecular formula is C13H13ClN2O3S2. The largest absolute Gasteiger partial charge is 0.281 e. The number of carbonyl (C=O) groups excluding carboxylic acids is 1. The fourth-order valence-corrected chi connectivity index (χ4v) is 4.00. The van der Waals surface area contributed by atoms with Crippen LogP contribution >= 0.6 is 22.9 Å². The summed E-state index contributed by atoms with van der Waals surface area (Å²) in [4.78, 5) is 16.5. The van der Waals surface area contributed by atoms with Crippen LogP contribution in [-0.2, 0) is 21.2 Å². The molecule has 0 atom stereocenters. The Labute approximate surface area is 132 Å². The zero-order valence-electron chi connectivity index (χ0n) is 11.2. The van der Waals surface area contributed by atoms with E-state index in [1.807, 2.05) is 10.8 Å². The van der Waals surface area contributed by atoms with Crippen molar-refractivity contribution in [2.24, 2.45) is 0 Å². The van der Waals surface area contributed by atoms with E-state index in [1.54, 1.807) is 25.1 Å². The number of halogens is 1. The Morgan fingerprint density at radius 3 is 2.76 bits per heavy atom. The minimum Gasteiger partial charge on any atom is -0.274 e. The maximum atomic E-state index is 12.1. The summed E-state index contributed by atoms with van der Waals surface area (Å²) in [5.41, 5.74) is 0.489. The number of carbonyl (C=O) groups is 1. The Hall–Kier alpha value is -1.44. The van der Waals surface area contributed by atoms with Crippen molar-refractivity contribution in [3.63, 3.8) is 0 Å². The number of amides is 1. The standard InChI is InChI=1S/C13H13ClN2O3S2/c1-9-3-2-8-15-13(9)21(18,19)16-12(17)7-5-10-4-6-11(14)20-10/h2-4,6,8H,5,7H2,1H3,(H,16,17). The molecule has 0 bridgehead atoms. The topological polar surface area (TPSA) is 76.1 Å². The van der Waals surface area contributed by atoms with Crippen LogP contribution in [0.2, 0.25) is 4.34 Å². The van der Waals surface area contributed by atoms with E-state index in [1.165, 1.54) is 17.5 Å². The van der Waals surface area contributed by atoms with Crippen LogP contribution in [0.25, 0.3) is 0 Å². The number of hydrogen-bond acceptors (Lipinski definition) is 5. The van der Waals surface area contributed by atoms with Crippen LogP contribution in [0.5, 0.6) is 0 Å². The van der Waals surface area contributed by atoms with Gasteiger partial charge in [0, 0.05) is 17.5 Å². The number of nitrogens with zero attached hydrogens (tertiary/aromatic N) is 1. The van der Waals surface area contributed by atoms with Gasteiger partial charge in [-0.3, -0.25) is 4.79 Å². The molecule has 0 saturated heterocycles. The fraction of sp³-hybridized carbons (Fsp3) is 0.231. The van der Waals surface area contributed by atoms with Gasteiger partial charge in [0.15, 0.2) is 5.03 Å². The average Bonchev–Trinajstić information content (AvgIpc) is 2.82. The van der Waals surface area contributed by atoms with E-state index in [0.717, 1.165) is 4.88 Å². The fourth-order valence-electron chi connectivity index (χ4n) is 1.72. The smallest absolute Gasteiger partial charge is 0.274 e. The SMILES string of the molecule is Cc1cccnc1S(=O)(=O)NC(=O)CCc1ccc(Cl)s1. The summed E-state index contributed by atoms with van der Waals surface area (Å²) in [7, 11) is -3.92. The Bertz CT molecular complexity index is 756. The predicted molar refractivity (Wildman–Crippen MR) is 82.0 cm³/mol. The Morgan fingerprint density at radius 1 is 1.38 bits per heavy atom. The molecule has 1 amide bonds. The van der Waals surface area contributed by atoms with Crippen LogP contribution in [0.4, 0.5) is 0 Å². The summed E-state index contributed by atoms with van der Waals surface area (Å²) in [5.74, 6) is -0.565. The van der Waals surface area contributed by atoms with E-state index in [-0.39, 0.29) is 11.4 Å². The number of thiophene rings is 1. The van der Waals surface area contributed by atoms with Crippen molar-refractivity contribution in [2.75, 3.05) is 0 Å². The molecule has 0 saturated carbocycles. The molecule has 1 N–H and O–H groups in total. The van der Waals surface area contributed by atoms with Gasteiger partial charge in [-0.15, -0.1) is 11.3 Å². The van der Waals surface area contributed by atoms with Crippen LogP contribution < -0.4 is 4.72 Å². The van der Waals surface area contributed by atoms with Crippen molar-refractivity contribution in [3.05, 3.63) is 45.2 Å². The lowest BCUT2D eigenvalue weighted by molar-refractivity contribution is -0.119. The second-order valence-corrected chi connectivity index (χ2v) is 7.76. The quantitative estimate of drug-likeness (QED) is 0.904. The van der Waals surface area contributed by atoms with Crippen molar-refractivity contribution in [1.29, 1.82) is 0 Å². The van der Waals surface area contributed by atoms with Gasteiger partial charge < -0.3 is 0 Å². The lowest BCUT2D eigenvalue weighted by Crippen LogP contribution is -2.31. The van der Waals surface area contributed by atoms with Crippen molar-refractivity contribution in [3.8, 4) is 0 Å². The van der Waals surface area contributed by atoms with E-state index in [4.69, 9.17) is 11.6 Å². The van der Waals surface area contributed by atoms with Crippen LogP contribution in [-0.4, -0.2) is 19.3 Å². The molecule has 2 aromatic heterocycles. The lowest BCUT2D eigenvalue weighted by atomic mass is 10.2. The Balaban J connectivity index is 2.00. The van der Waals surface area contributed by atoms with Crippen molar-refractivity contribution in [1.82, 2.24) is 9.71 Å². The van der Waals surface area contributed by atoms with Gasteiger partial charge in [0.2, 0.25) is 5.91 Å². The molecule has 0 aliphatic rings. The molecule has 5 nitrogen and oxygen atoms in total. The molecule has 0 aromatic carbocycles. The first-order chi connectivity index (χ1) is 9.88. The van der Waals surface area contributed by atoms with Gasteiger partial charge in [0.05, 0.1) is 4.34 Å². The third-order valence-electron chi connectivity index (χ3n) is 2.69. The zero-order chi connectivity index (χ0) is 15.5. The summed E-state index contributed by atoms with van der Waals surface area (Å²) in [5, 5.41) is -0.127. The highest BCUT2D eigenvalue weighted by molar-refractivity contribution is 7.90. The molecule has 21 heavy (non-hydrogen) atoms. The number of aromatic nitrogens is 1. The van der Waals surface area contributed by atoms with E-state index >= 15 is 0 Å². The Kier molecular flexibility index (Phi) is 4.97. The first-order valence-corrected chi connectivity index (χ1v) is 8.78. The summed E-state index contributed by atoms with van der Waals surface area (Å²) in [6.07, 6.45) is 1.89. The molecule has 0 aliphatic heterocycles. The molecule has 8 heteroatoms. The average molecular weight is 345 g/mol. The van der Waals surface area contributed by atoms with E-state index < -0.39 is 15.9 Å². The summed E-state index contributed by atoms with van der Waals surface area (Å²) in [6.45, 7) is 1.62. The summed E-state index contributed by atoms with van der Waals surface area (Å²) < 4.78 is 26.8. The third kappa shape index (κ3) is 4.26. The minimum atomic E-state index is -3.92. The third-order valence-corrected chi connectivity index (χ3v) is 5.42. The van der Waals surface area contributed by atoms with Crippen molar-refractivity contribution < 1.29 is 13.2 Å². The van der Waals surface area contributed by atoms with Crippen LogP contribution in [0, 0.1) is 6.92 Å². The number of sulfonamides is 1. The van der Waals surface area contributed by atoms with Gasteiger partial charge in [-0.1, -0.05) is 17.7 Å². The van der Waals surface area contributed by atoms with Crippen LogP contribution in [0.1, 0.15) is 16.9 Å².